The number of nitrogens with zero attached hydrogens (tertiary/aromatic N) is 2. The summed E-state index contributed by atoms with van der Waals surface area (Å²) in [7, 11) is 0. The summed E-state index contributed by atoms with van der Waals surface area (Å²) in [5.74, 6) is -0.622. The summed E-state index contributed by atoms with van der Waals surface area (Å²) in [6.45, 7) is 7.61. The van der Waals surface area contributed by atoms with Gasteiger partial charge in [-0.1, -0.05) is 0 Å². The van der Waals surface area contributed by atoms with Crippen molar-refractivity contribution in [2.75, 3.05) is 5.32 Å². The first-order chi connectivity index (χ1) is 12.4. The number of hydrogen-bond donors (Lipinski definition) is 3. The van der Waals surface area contributed by atoms with Gasteiger partial charge in [0.25, 0.3) is 5.91 Å². The van der Waals surface area contributed by atoms with Crippen LogP contribution in [0.2, 0.25) is 0 Å². The molecule has 0 atom stereocenters. The Kier molecular flexibility index (Phi) is 5.48. The summed E-state index contributed by atoms with van der Waals surface area (Å²) in [6, 6.07) is 4.68. The van der Waals surface area contributed by atoms with Crippen molar-refractivity contribution in [1.82, 2.24) is 20.6 Å². The van der Waals surface area contributed by atoms with Crippen LogP contribution in [0.15, 0.2) is 30.3 Å². The number of carbonyl (C=O) groups is 2. The van der Waals surface area contributed by atoms with Crippen LogP contribution in [-0.2, 0) is 11.7 Å². The molecule has 10 heteroatoms. The minimum Gasteiger partial charge on any atom is -0.307 e. The van der Waals surface area contributed by atoms with Crippen LogP contribution in [0.3, 0.4) is 0 Å². The highest BCUT2D eigenvalue weighted by molar-refractivity contribution is 5.95. The average molecular weight is 383 g/mol. The maximum atomic E-state index is 12.5. The summed E-state index contributed by atoms with van der Waals surface area (Å²) in [6.07, 6.45) is -4.46. The fourth-order valence-corrected chi connectivity index (χ4v) is 2.35. The monoisotopic (exact) mass is 383 g/mol. The Balaban J connectivity index is 1.93. The second kappa shape index (κ2) is 7.29. The van der Waals surface area contributed by atoms with Crippen molar-refractivity contribution in [2.24, 2.45) is 0 Å². The number of carbonyl (C=O) groups excluding carboxylic acids is 2. The number of halogens is 3. The van der Waals surface area contributed by atoms with E-state index >= 15 is 0 Å². The molecular weight excluding hydrogens is 363 g/mol. The Morgan fingerprint density at radius 3 is 2.11 bits per heavy atom. The predicted molar refractivity (Wildman–Crippen MR) is 93.0 cm³/mol. The lowest BCUT2D eigenvalue weighted by Gasteiger charge is -2.21. The van der Waals surface area contributed by atoms with E-state index in [4.69, 9.17) is 0 Å². The Hall–Kier alpha value is -3.04. The van der Waals surface area contributed by atoms with Crippen LogP contribution >= 0.6 is 0 Å². The second-order valence-corrected chi connectivity index (χ2v) is 6.86. The number of hydrogen-bond acceptors (Lipinski definition) is 3. The van der Waals surface area contributed by atoms with Crippen molar-refractivity contribution >= 4 is 17.6 Å². The molecule has 2 rings (SSSR count). The number of amides is 3. The van der Waals surface area contributed by atoms with E-state index in [0.29, 0.717) is 0 Å². The largest absolute Gasteiger partial charge is 0.416 e. The number of urea groups is 1. The van der Waals surface area contributed by atoms with Crippen LogP contribution in [0, 0.1) is 6.92 Å². The number of alkyl halides is 3. The summed E-state index contributed by atoms with van der Waals surface area (Å²) in [5, 5.41) is 6.51. The highest BCUT2D eigenvalue weighted by atomic mass is 19.4. The Bertz CT molecular complexity index is 836. The summed E-state index contributed by atoms with van der Waals surface area (Å²) < 4.78 is 39.2. The van der Waals surface area contributed by atoms with Gasteiger partial charge in [-0.3, -0.25) is 14.9 Å². The van der Waals surface area contributed by atoms with Crippen molar-refractivity contribution in [2.45, 2.75) is 39.4 Å². The van der Waals surface area contributed by atoms with E-state index < -0.39 is 23.7 Å². The molecule has 0 saturated heterocycles. The van der Waals surface area contributed by atoms with E-state index in [9.17, 15) is 22.8 Å². The van der Waals surface area contributed by atoms with Crippen LogP contribution in [0.25, 0.3) is 0 Å². The average Bonchev–Trinajstić information content (AvgIpc) is 2.94. The molecule has 0 fully saturated rings. The molecule has 0 aliphatic rings. The number of aryl methyl sites for hydroxylation is 1. The van der Waals surface area contributed by atoms with Crippen LogP contribution in [0.1, 0.15) is 42.5 Å². The van der Waals surface area contributed by atoms with Crippen LogP contribution in [0.4, 0.5) is 23.7 Å². The lowest BCUT2D eigenvalue weighted by molar-refractivity contribution is -0.137. The number of hydrazine groups is 1. The maximum Gasteiger partial charge on any atom is 0.416 e. The molecule has 0 saturated carbocycles. The Morgan fingerprint density at radius 1 is 1.04 bits per heavy atom. The molecular formula is C17H20F3N5O2. The fourth-order valence-electron chi connectivity index (χ4n) is 2.35. The number of benzene rings is 1. The topological polar surface area (TPSA) is 88.1 Å². The van der Waals surface area contributed by atoms with Crippen LogP contribution < -0.4 is 16.2 Å². The van der Waals surface area contributed by atoms with Crippen molar-refractivity contribution in [3.8, 4) is 0 Å². The third-order valence-electron chi connectivity index (χ3n) is 3.52. The van der Waals surface area contributed by atoms with Crippen LogP contribution in [-0.4, -0.2) is 21.7 Å². The van der Waals surface area contributed by atoms with Gasteiger partial charge < -0.3 is 5.32 Å². The smallest absolute Gasteiger partial charge is 0.307 e. The SMILES string of the molecule is Cc1cc(C(=O)NNC(=O)Nc2ccc(C(F)(F)F)cc2)nn1C(C)(C)C. The second-order valence-electron chi connectivity index (χ2n) is 6.86. The lowest BCUT2D eigenvalue weighted by atomic mass is 10.1. The number of aromatic nitrogens is 2. The van der Waals surface area contributed by atoms with E-state index in [0.717, 1.165) is 30.0 Å². The van der Waals surface area contributed by atoms with Gasteiger partial charge in [-0.25, -0.2) is 10.2 Å². The molecule has 0 unspecified atom stereocenters. The van der Waals surface area contributed by atoms with Gasteiger partial charge >= 0.3 is 12.2 Å². The predicted octanol–water partition coefficient (Wildman–Crippen LogP) is 3.43. The molecule has 0 aliphatic heterocycles. The van der Waals surface area contributed by atoms with Gasteiger partial charge in [0.1, 0.15) is 0 Å². The number of rotatable bonds is 2. The standard InChI is InChI=1S/C17H20F3N5O2/c1-10-9-13(24-25(10)16(2,3)4)14(26)22-23-15(27)21-12-7-5-11(6-8-12)17(18,19)20/h5-9H,1-4H3,(H,22,26)(H2,21,23,27). The summed E-state index contributed by atoms with van der Waals surface area (Å²) in [4.78, 5) is 23.9. The lowest BCUT2D eigenvalue weighted by Crippen LogP contribution is -2.44. The molecule has 3 N–H and O–H groups in total. The summed E-state index contributed by atoms with van der Waals surface area (Å²) in [5.41, 5.74) is 4.22. The number of anilines is 1. The first-order valence-corrected chi connectivity index (χ1v) is 7.99. The van der Waals surface area contributed by atoms with Gasteiger partial charge in [0.15, 0.2) is 5.69 Å². The molecule has 1 aromatic heterocycles. The van der Waals surface area contributed by atoms with E-state index in [1.54, 1.807) is 17.7 Å². The van der Waals surface area contributed by atoms with Gasteiger partial charge in [-0.05, 0) is 58.0 Å². The van der Waals surface area contributed by atoms with E-state index in [1.165, 1.54) is 0 Å². The van der Waals surface area contributed by atoms with Crippen LogP contribution in [0.5, 0.6) is 0 Å². The molecule has 3 amide bonds. The highest BCUT2D eigenvalue weighted by Gasteiger charge is 2.30. The maximum absolute atomic E-state index is 12.5. The van der Waals surface area contributed by atoms with Crippen molar-refractivity contribution in [3.63, 3.8) is 0 Å². The first kappa shape index (κ1) is 20.3. The fraction of sp³-hybridized carbons (Fsp3) is 0.353. The Morgan fingerprint density at radius 2 is 1.63 bits per heavy atom. The molecule has 1 heterocycles. The quantitative estimate of drug-likeness (QED) is 0.695. The molecule has 0 spiro atoms. The minimum atomic E-state index is -4.46. The molecule has 7 nitrogen and oxygen atoms in total. The molecule has 0 aliphatic carbocycles. The van der Waals surface area contributed by atoms with Gasteiger partial charge in [0, 0.05) is 11.4 Å². The molecule has 1 aromatic carbocycles. The highest BCUT2D eigenvalue weighted by Crippen LogP contribution is 2.29. The Labute approximate surface area is 153 Å². The van der Waals surface area contributed by atoms with Gasteiger partial charge in [0.2, 0.25) is 0 Å². The third kappa shape index (κ3) is 5.22. The van der Waals surface area contributed by atoms with Gasteiger partial charge in [0.05, 0.1) is 11.1 Å². The van der Waals surface area contributed by atoms with Gasteiger partial charge in [-0.15, -0.1) is 0 Å². The first-order valence-electron chi connectivity index (χ1n) is 7.99. The van der Waals surface area contributed by atoms with Gasteiger partial charge in [-0.2, -0.15) is 18.3 Å². The minimum absolute atomic E-state index is 0.122. The molecule has 146 valence electrons. The van der Waals surface area contributed by atoms with Crippen molar-refractivity contribution in [1.29, 1.82) is 0 Å². The van der Waals surface area contributed by atoms with E-state index in [2.05, 4.69) is 21.3 Å². The number of nitrogens with one attached hydrogen (secondary N) is 3. The molecule has 0 radical (unpaired) electrons. The zero-order valence-corrected chi connectivity index (χ0v) is 15.2. The van der Waals surface area contributed by atoms with E-state index in [-0.39, 0.29) is 16.9 Å². The van der Waals surface area contributed by atoms with Crippen molar-refractivity contribution in [3.05, 3.63) is 47.3 Å². The zero-order chi connectivity index (χ0) is 20.4. The van der Waals surface area contributed by atoms with E-state index in [1.807, 2.05) is 20.8 Å². The normalized spacial score (nSPS) is 11.8. The summed E-state index contributed by atoms with van der Waals surface area (Å²) >= 11 is 0. The van der Waals surface area contributed by atoms with Crippen molar-refractivity contribution < 1.29 is 22.8 Å². The zero-order valence-electron chi connectivity index (χ0n) is 15.2. The molecule has 27 heavy (non-hydrogen) atoms. The molecule has 2 aromatic rings. The third-order valence-corrected chi connectivity index (χ3v) is 3.52. The molecule has 0 bridgehead atoms.